The fourth-order valence-corrected chi connectivity index (χ4v) is 7.22. The highest BCUT2D eigenvalue weighted by Gasteiger charge is 2.23. The predicted octanol–water partition coefficient (Wildman–Crippen LogP) is 6.40. The molecule has 0 radical (unpaired) electrons. The van der Waals surface area contributed by atoms with Gasteiger partial charge in [-0.15, -0.1) is 11.8 Å². The van der Waals surface area contributed by atoms with Crippen molar-refractivity contribution < 1.29 is 13.2 Å². The molecule has 0 unspecified atom stereocenters. The molecule has 1 aliphatic carbocycles. The van der Waals surface area contributed by atoms with Crippen LogP contribution in [0.2, 0.25) is 0 Å². The number of benzene rings is 2. The quantitative estimate of drug-likeness (QED) is 0.261. The monoisotopic (exact) mass is 568 g/mol. The number of thioether (sulfide) groups is 1. The number of urea groups is 1. The van der Waals surface area contributed by atoms with Crippen LogP contribution in [0.25, 0.3) is 11.1 Å². The number of nitrogens with zero attached hydrogens (tertiary/aromatic N) is 2. The van der Waals surface area contributed by atoms with E-state index in [-0.39, 0.29) is 4.90 Å². The van der Waals surface area contributed by atoms with Gasteiger partial charge in [0.2, 0.25) is 0 Å². The van der Waals surface area contributed by atoms with Gasteiger partial charge in [0.05, 0.1) is 10.6 Å². The van der Waals surface area contributed by atoms with Gasteiger partial charge in [-0.1, -0.05) is 75.6 Å². The van der Waals surface area contributed by atoms with E-state index >= 15 is 0 Å². The van der Waals surface area contributed by atoms with Crippen molar-refractivity contribution >= 4 is 27.8 Å². The normalized spacial score (nSPS) is 14.3. The third-order valence-corrected chi connectivity index (χ3v) is 9.50. The zero-order valence-corrected chi connectivity index (χ0v) is 24.8. The van der Waals surface area contributed by atoms with E-state index < -0.39 is 16.1 Å². The van der Waals surface area contributed by atoms with E-state index in [1.807, 2.05) is 30.3 Å². The Balaban J connectivity index is 1.50. The number of sulfonamides is 1. The fraction of sp³-hybridized carbons (Fsp3) is 0.467. The molecule has 2 N–H and O–H groups in total. The van der Waals surface area contributed by atoms with Crippen molar-refractivity contribution in [2.24, 2.45) is 5.92 Å². The SMILES string of the molecule is CCCc1nc(SC)c(CC)n1Cc1ccc(-c2ccccc2S(=O)(=O)NC(=O)NCC2CCCCC2)cc1. The number of nitrogens with one attached hydrogen (secondary N) is 2. The Morgan fingerprint density at radius 3 is 2.44 bits per heavy atom. The topological polar surface area (TPSA) is 93.1 Å². The van der Waals surface area contributed by atoms with E-state index in [0.29, 0.717) is 18.0 Å². The number of hydrogen-bond acceptors (Lipinski definition) is 5. The molecule has 1 aliphatic rings. The third-order valence-electron chi connectivity index (χ3n) is 7.40. The average Bonchev–Trinajstić information content (AvgIpc) is 3.28. The van der Waals surface area contributed by atoms with Gasteiger partial charge in [0.25, 0.3) is 10.0 Å². The van der Waals surface area contributed by atoms with Gasteiger partial charge in [0.1, 0.15) is 10.9 Å². The summed E-state index contributed by atoms with van der Waals surface area (Å²) in [6, 6.07) is 14.1. The molecule has 2 aromatic carbocycles. The molecule has 3 aromatic rings. The maximum Gasteiger partial charge on any atom is 0.328 e. The summed E-state index contributed by atoms with van der Waals surface area (Å²) in [4.78, 5) is 17.4. The predicted molar refractivity (Wildman–Crippen MR) is 159 cm³/mol. The smallest absolute Gasteiger partial charge is 0.328 e. The molecule has 0 saturated heterocycles. The Hall–Kier alpha value is -2.78. The second-order valence-corrected chi connectivity index (χ2v) is 12.6. The Morgan fingerprint density at radius 2 is 1.77 bits per heavy atom. The molecule has 1 fully saturated rings. The van der Waals surface area contributed by atoms with Crippen LogP contribution in [0.4, 0.5) is 4.79 Å². The van der Waals surface area contributed by atoms with Crippen LogP contribution in [0.5, 0.6) is 0 Å². The van der Waals surface area contributed by atoms with Crippen molar-refractivity contribution in [2.45, 2.75) is 81.7 Å². The van der Waals surface area contributed by atoms with E-state index in [2.05, 4.69) is 34.7 Å². The maximum atomic E-state index is 13.2. The van der Waals surface area contributed by atoms with Crippen LogP contribution in [0.15, 0.2) is 58.5 Å². The highest BCUT2D eigenvalue weighted by Crippen LogP contribution is 2.29. The van der Waals surface area contributed by atoms with Gasteiger partial charge in [0, 0.05) is 25.1 Å². The van der Waals surface area contributed by atoms with E-state index in [1.54, 1.807) is 30.0 Å². The highest BCUT2D eigenvalue weighted by atomic mass is 32.2. The number of rotatable bonds is 11. The average molecular weight is 569 g/mol. The molecule has 0 aliphatic heterocycles. The van der Waals surface area contributed by atoms with Crippen molar-refractivity contribution in [1.29, 1.82) is 0 Å². The minimum Gasteiger partial charge on any atom is -0.337 e. The number of carbonyl (C=O) groups excluding carboxylic acids is 1. The molecule has 7 nitrogen and oxygen atoms in total. The van der Waals surface area contributed by atoms with Gasteiger partial charge in [-0.25, -0.2) is 22.9 Å². The lowest BCUT2D eigenvalue weighted by molar-refractivity contribution is 0.241. The van der Waals surface area contributed by atoms with Crippen LogP contribution in [-0.2, 0) is 29.4 Å². The summed E-state index contributed by atoms with van der Waals surface area (Å²) >= 11 is 1.69. The lowest BCUT2D eigenvalue weighted by Gasteiger charge is -2.21. The second-order valence-electron chi connectivity index (χ2n) is 10.2. The zero-order chi connectivity index (χ0) is 27.8. The number of aryl methyl sites for hydroxylation is 1. The first-order valence-electron chi connectivity index (χ1n) is 14.0. The van der Waals surface area contributed by atoms with Gasteiger partial charge in [-0.05, 0) is 55.1 Å². The molecule has 9 heteroatoms. The van der Waals surface area contributed by atoms with Gasteiger partial charge >= 0.3 is 6.03 Å². The minimum absolute atomic E-state index is 0.0864. The number of imidazole rings is 1. The summed E-state index contributed by atoms with van der Waals surface area (Å²) in [5.41, 5.74) is 3.71. The van der Waals surface area contributed by atoms with E-state index in [0.717, 1.165) is 60.6 Å². The summed E-state index contributed by atoms with van der Waals surface area (Å²) in [5.74, 6) is 1.52. The molecule has 0 spiro atoms. The van der Waals surface area contributed by atoms with E-state index in [1.165, 1.54) is 25.0 Å². The molecule has 4 rings (SSSR count). The van der Waals surface area contributed by atoms with Crippen LogP contribution in [-0.4, -0.2) is 36.8 Å². The largest absolute Gasteiger partial charge is 0.337 e. The van der Waals surface area contributed by atoms with Gasteiger partial charge in [0.15, 0.2) is 0 Å². The Morgan fingerprint density at radius 1 is 1.05 bits per heavy atom. The lowest BCUT2D eigenvalue weighted by atomic mass is 9.89. The number of amides is 2. The van der Waals surface area contributed by atoms with Gasteiger partial charge < -0.3 is 9.88 Å². The first-order chi connectivity index (χ1) is 18.9. The third kappa shape index (κ3) is 7.25. The summed E-state index contributed by atoms with van der Waals surface area (Å²) in [6.07, 6.45) is 10.7. The summed E-state index contributed by atoms with van der Waals surface area (Å²) in [7, 11) is -4.05. The molecule has 39 heavy (non-hydrogen) atoms. The summed E-state index contributed by atoms with van der Waals surface area (Å²) in [5, 5.41) is 3.85. The Labute approximate surface area is 237 Å². The van der Waals surface area contributed by atoms with Crippen LogP contribution in [0.1, 0.15) is 69.5 Å². The second kappa shape index (κ2) is 13.5. The van der Waals surface area contributed by atoms with Crippen LogP contribution >= 0.6 is 11.8 Å². The molecule has 210 valence electrons. The molecule has 0 atom stereocenters. The molecular weight excluding hydrogens is 528 g/mol. The summed E-state index contributed by atoms with van der Waals surface area (Å²) in [6.45, 7) is 5.54. The van der Waals surface area contributed by atoms with Crippen LogP contribution in [0, 0.1) is 5.92 Å². The lowest BCUT2D eigenvalue weighted by Crippen LogP contribution is -2.41. The molecule has 2 amide bonds. The van der Waals surface area contributed by atoms with Crippen molar-refractivity contribution in [3.63, 3.8) is 0 Å². The molecule has 0 bridgehead atoms. The zero-order valence-electron chi connectivity index (χ0n) is 23.2. The molecule has 1 saturated carbocycles. The molecule has 1 aromatic heterocycles. The van der Waals surface area contributed by atoms with E-state index in [4.69, 9.17) is 4.98 Å². The summed E-state index contributed by atoms with van der Waals surface area (Å²) < 4.78 is 31.0. The van der Waals surface area contributed by atoms with Crippen molar-refractivity contribution in [2.75, 3.05) is 12.8 Å². The first-order valence-corrected chi connectivity index (χ1v) is 16.7. The van der Waals surface area contributed by atoms with Gasteiger partial charge in [-0.3, -0.25) is 0 Å². The van der Waals surface area contributed by atoms with Crippen LogP contribution in [0.3, 0.4) is 0 Å². The number of carbonyl (C=O) groups is 1. The minimum atomic E-state index is -4.05. The standard InChI is InChI=1S/C30H40N4O3S2/c1-4-11-28-32-29(38-3)26(5-2)34(28)21-23-16-18-24(19-17-23)25-14-9-10-15-27(25)39(36,37)33-30(35)31-20-22-12-7-6-8-13-22/h9-10,14-19,22H,4-8,11-13,20-21H2,1-3H3,(H2,31,33,35). The fourth-order valence-electron chi connectivity index (χ4n) is 5.37. The number of aromatic nitrogens is 2. The van der Waals surface area contributed by atoms with E-state index in [9.17, 15) is 13.2 Å². The highest BCUT2D eigenvalue weighted by molar-refractivity contribution is 7.98. The van der Waals surface area contributed by atoms with Crippen LogP contribution < -0.4 is 10.0 Å². The Kier molecular flexibility index (Phi) is 10.1. The van der Waals surface area contributed by atoms with Gasteiger partial charge in [-0.2, -0.15) is 0 Å². The van der Waals surface area contributed by atoms with Crippen molar-refractivity contribution in [1.82, 2.24) is 19.6 Å². The van der Waals surface area contributed by atoms with Crippen molar-refractivity contribution in [3.05, 3.63) is 65.6 Å². The molecule has 1 heterocycles. The first kappa shape index (κ1) is 29.2. The van der Waals surface area contributed by atoms with Crippen molar-refractivity contribution in [3.8, 4) is 11.1 Å². The Bertz CT molecular complexity index is 1360. The maximum absolute atomic E-state index is 13.2. The number of hydrogen-bond donors (Lipinski definition) is 2. The molecular formula is C30H40N4O3S2.